The van der Waals surface area contributed by atoms with E-state index in [9.17, 15) is 0 Å². The third-order valence-corrected chi connectivity index (χ3v) is 7.77. The van der Waals surface area contributed by atoms with Crippen LogP contribution in [-0.2, 0) is 0 Å². The van der Waals surface area contributed by atoms with Gasteiger partial charge in [-0.1, -0.05) is 127 Å². The maximum Gasteiger partial charge on any atom is 0.227 e. The molecule has 0 saturated heterocycles. The van der Waals surface area contributed by atoms with E-state index in [0.29, 0.717) is 23.4 Å². The van der Waals surface area contributed by atoms with Gasteiger partial charge >= 0.3 is 0 Å². The molecule has 6 aromatic carbocycles. The van der Waals surface area contributed by atoms with Gasteiger partial charge in [-0.15, -0.1) is 0 Å². The molecule has 8 rings (SSSR count). The predicted molar refractivity (Wildman–Crippen MR) is 180 cm³/mol. The maximum absolute atomic E-state index is 6.15. The monoisotopic (exact) mass is 578 g/mol. The fraction of sp³-hybridized carbons (Fsp3) is 0. The largest absolute Gasteiger partial charge is 0.436 e. The Morgan fingerprint density at radius 2 is 0.778 bits per heavy atom. The Labute approximate surface area is 260 Å². The number of nitrogens with zero attached hydrogens (tertiary/aromatic N) is 4. The average molecular weight is 579 g/mol. The molecule has 212 valence electrons. The molecule has 0 aliphatic carbocycles. The molecule has 0 unspecified atom stereocenters. The summed E-state index contributed by atoms with van der Waals surface area (Å²) in [5.74, 6) is 2.52. The van der Waals surface area contributed by atoms with Gasteiger partial charge in [0.05, 0.1) is 0 Å². The van der Waals surface area contributed by atoms with Gasteiger partial charge in [0, 0.05) is 27.8 Å². The number of aromatic nitrogens is 4. The first-order chi connectivity index (χ1) is 22.3. The van der Waals surface area contributed by atoms with Crippen LogP contribution in [-0.4, -0.2) is 19.9 Å². The van der Waals surface area contributed by atoms with Crippen LogP contribution in [0.1, 0.15) is 0 Å². The van der Waals surface area contributed by atoms with Crippen LogP contribution in [0, 0.1) is 0 Å². The Balaban J connectivity index is 1.20. The van der Waals surface area contributed by atoms with Crippen molar-refractivity contribution in [2.75, 3.05) is 0 Å². The standard InChI is InChI=1S/C40H26N4O/c1-4-13-27(14-5-1)37-42-38(28-15-6-2-7-16-28)44-39(43-37)33-22-11-20-31(26-33)30-19-10-21-32(25-30)34-23-12-24-35-36(34)41-40(45-35)29-17-8-3-9-18-29/h1-26H. The van der Waals surface area contributed by atoms with Crippen molar-refractivity contribution in [3.63, 3.8) is 0 Å². The summed E-state index contributed by atoms with van der Waals surface area (Å²) < 4.78 is 6.15. The summed E-state index contributed by atoms with van der Waals surface area (Å²) in [6.45, 7) is 0. The van der Waals surface area contributed by atoms with E-state index in [1.54, 1.807) is 0 Å². The molecule has 0 fully saturated rings. The normalized spacial score (nSPS) is 11.1. The summed E-state index contributed by atoms with van der Waals surface area (Å²) in [5.41, 5.74) is 9.59. The summed E-state index contributed by atoms with van der Waals surface area (Å²) in [5, 5.41) is 0. The van der Waals surface area contributed by atoms with Gasteiger partial charge in [0.25, 0.3) is 0 Å². The molecule has 5 heteroatoms. The molecule has 2 heterocycles. The Morgan fingerprint density at radius 3 is 1.38 bits per heavy atom. The number of para-hydroxylation sites is 1. The molecule has 45 heavy (non-hydrogen) atoms. The molecular weight excluding hydrogens is 552 g/mol. The smallest absolute Gasteiger partial charge is 0.227 e. The minimum absolute atomic E-state index is 0.615. The summed E-state index contributed by atoms with van der Waals surface area (Å²) in [4.78, 5) is 19.6. The molecule has 2 aromatic heterocycles. The molecule has 0 N–H and O–H groups in total. The zero-order valence-corrected chi connectivity index (χ0v) is 24.2. The summed E-state index contributed by atoms with van der Waals surface area (Å²) in [6, 6.07) is 53.0. The van der Waals surface area contributed by atoms with Crippen LogP contribution in [0.25, 0.3) is 79.0 Å². The van der Waals surface area contributed by atoms with Crippen LogP contribution in [0.2, 0.25) is 0 Å². The van der Waals surface area contributed by atoms with Crippen molar-refractivity contribution in [1.82, 2.24) is 19.9 Å². The molecule has 0 atom stereocenters. The van der Waals surface area contributed by atoms with E-state index in [0.717, 1.165) is 55.6 Å². The van der Waals surface area contributed by atoms with Crippen molar-refractivity contribution in [2.24, 2.45) is 0 Å². The van der Waals surface area contributed by atoms with Crippen molar-refractivity contribution < 1.29 is 4.42 Å². The SMILES string of the molecule is c1ccc(-c2nc(-c3ccccc3)nc(-c3cccc(-c4cccc(-c5cccc6oc(-c7ccccc7)nc56)c4)c3)n2)cc1. The number of rotatable bonds is 6. The fourth-order valence-corrected chi connectivity index (χ4v) is 5.53. The Morgan fingerprint density at radius 1 is 0.333 bits per heavy atom. The molecule has 0 saturated carbocycles. The topological polar surface area (TPSA) is 64.7 Å². The molecule has 8 aromatic rings. The highest BCUT2D eigenvalue weighted by molar-refractivity contribution is 5.93. The van der Waals surface area contributed by atoms with Gasteiger partial charge in [-0.05, 0) is 47.0 Å². The van der Waals surface area contributed by atoms with Gasteiger partial charge in [0.1, 0.15) is 5.52 Å². The number of hydrogen-bond acceptors (Lipinski definition) is 5. The van der Waals surface area contributed by atoms with E-state index in [-0.39, 0.29) is 0 Å². The lowest BCUT2D eigenvalue weighted by Gasteiger charge is -2.10. The summed E-state index contributed by atoms with van der Waals surface area (Å²) in [6.07, 6.45) is 0. The number of fused-ring (bicyclic) bond motifs is 1. The molecule has 0 aliphatic heterocycles. The van der Waals surface area contributed by atoms with E-state index in [1.165, 1.54) is 0 Å². The minimum Gasteiger partial charge on any atom is -0.436 e. The Hall–Kier alpha value is -6.20. The molecule has 0 amide bonds. The molecule has 0 radical (unpaired) electrons. The number of benzene rings is 6. The number of hydrogen-bond donors (Lipinski definition) is 0. The lowest BCUT2D eigenvalue weighted by Crippen LogP contribution is -2.00. The third kappa shape index (κ3) is 5.28. The first-order valence-corrected chi connectivity index (χ1v) is 14.8. The van der Waals surface area contributed by atoms with Crippen LogP contribution in [0.5, 0.6) is 0 Å². The second-order valence-corrected chi connectivity index (χ2v) is 10.7. The number of oxazole rings is 1. The quantitative estimate of drug-likeness (QED) is 0.196. The first kappa shape index (κ1) is 26.4. The van der Waals surface area contributed by atoms with Crippen LogP contribution in [0.3, 0.4) is 0 Å². The van der Waals surface area contributed by atoms with Gasteiger partial charge in [0.15, 0.2) is 23.1 Å². The van der Waals surface area contributed by atoms with Crippen molar-refractivity contribution in [3.05, 3.63) is 158 Å². The second-order valence-electron chi connectivity index (χ2n) is 10.7. The van der Waals surface area contributed by atoms with Gasteiger partial charge in [-0.2, -0.15) is 0 Å². The lowest BCUT2D eigenvalue weighted by atomic mass is 9.97. The highest BCUT2D eigenvalue weighted by Crippen LogP contribution is 2.35. The van der Waals surface area contributed by atoms with Crippen molar-refractivity contribution in [3.8, 4) is 67.9 Å². The van der Waals surface area contributed by atoms with Gasteiger partial charge < -0.3 is 4.42 Å². The molecule has 0 bridgehead atoms. The Bertz CT molecular complexity index is 2200. The van der Waals surface area contributed by atoms with Crippen LogP contribution in [0.15, 0.2) is 162 Å². The van der Waals surface area contributed by atoms with Crippen LogP contribution < -0.4 is 0 Å². The average Bonchev–Trinajstić information content (AvgIpc) is 3.58. The van der Waals surface area contributed by atoms with Crippen LogP contribution >= 0.6 is 0 Å². The lowest BCUT2D eigenvalue weighted by molar-refractivity contribution is 0.620. The van der Waals surface area contributed by atoms with E-state index in [2.05, 4.69) is 48.5 Å². The maximum atomic E-state index is 6.15. The van der Waals surface area contributed by atoms with Crippen molar-refractivity contribution in [1.29, 1.82) is 0 Å². The highest BCUT2D eigenvalue weighted by Gasteiger charge is 2.15. The van der Waals surface area contributed by atoms with Crippen LogP contribution in [0.4, 0.5) is 0 Å². The van der Waals surface area contributed by atoms with E-state index in [1.807, 2.05) is 109 Å². The van der Waals surface area contributed by atoms with Gasteiger partial charge in [-0.25, -0.2) is 19.9 Å². The Kier molecular flexibility index (Phi) is 6.74. The third-order valence-electron chi connectivity index (χ3n) is 7.77. The minimum atomic E-state index is 0.615. The van der Waals surface area contributed by atoms with Crippen molar-refractivity contribution in [2.45, 2.75) is 0 Å². The summed E-state index contributed by atoms with van der Waals surface area (Å²) >= 11 is 0. The zero-order valence-electron chi connectivity index (χ0n) is 24.2. The molecule has 5 nitrogen and oxygen atoms in total. The second kappa shape index (κ2) is 11.5. The van der Waals surface area contributed by atoms with Gasteiger partial charge in [0.2, 0.25) is 5.89 Å². The van der Waals surface area contributed by atoms with E-state index >= 15 is 0 Å². The van der Waals surface area contributed by atoms with Gasteiger partial charge in [-0.3, -0.25) is 0 Å². The summed E-state index contributed by atoms with van der Waals surface area (Å²) in [7, 11) is 0. The predicted octanol–water partition coefficient (Wildman–Crippen LogP) is 10.0. The molecule has 0 aliphatic rings. The molecular formula is C40H26N4O. The van der Waals surface area contributed by atoms with Crippen molar-refractivity contribution >= 4 is 11.1 Å². The highest BCUT2D eigenvalue weighted by atomic mass is 16.3. The van der Waals surface area contributed by atoms with E-state index in [4.69, 9.17) is 24.4 Å². The zero-order chi connectivity index (χ0) is 30.0. The first-order valence-electron chi connectivity index (χ1n) is 14.8. The molecule has 0 spiro atoms. The fourth-order valence-electron chi connectivity index (χ4n) is 5.53. The van der Waals surface area contributed by atoms with E-state index < -0.39 is 0 Å².